The van der Waals surface area contributed by atoms with E-state index < -0.39 is 0 Å². The van der Waals surface area contributed by atoms with Gasteiger partial charge in [-0.25, -0.2) is 0 Å². The molecule has 1 saturated carbocycles. The first-order valence-electron chi connectivity index (χ1n) is 8.45. The van der Waals surface area contributed by atoms with Crippen LogP contribution >= 0.6 is 15.9 Å². The molecule has 2 fully saturated rings. The zero-order chi connectivity index (χ0) is 15.5. The quantitative estimate of drug-likeness (QED) is 0.857. The lowest BCUT2D eigenvalue weighted by Gasteiger charge is -2.33. The summed E-state index contributed by atoms with van der Waals surface area (Å²) in [5.74, 6) is 0.705. The molecule has 1 aliphatic carbocycles. The summed E-state index contributed by atoms with van der Waals surface area (Å²) in [4.78, 5) is 0. The van der Waals surface area contributed by atoms with Crippen LogP contribution in [-0.4, -0.2) is 31.8 Å². The Morgan fingerprint density at radius 3 is 2.73 bits per heavy atom. The Labute approximate surface area is 142 Å². The Bertz CT molecular complexity index is 491. The summed E-state index contributed by atoms with van der Waals surface area (Å²) < 4.78 is 6.84. The molecule has 0 radical (unpaired) electrons. The molecule has 3 unspecified atom stereocenters. The highest BCUT2D eigenvalue weighted by Gasteiger charge is 2.34. The normalized spacial score (nSPS) is 29.0. The van der Waals surface area contributed by atoms with Crippen molar-refractivity contribution in [2.24, 2.45) is 5.92 Å². The molecule has 22 heavy (non-hydrogen) atoms. The van der Waals surface area contributed by atoms with E-state index >= 15 is 0 Å². The molecular weight excluding hydrogens is 340 g/mol. The van der Waals surface area contributed by atoms with Crippen LogP contribution in [0.5, 0.6) is 0 Å². The zero-order valence-corrected chi connectivity index (χ0v) is 15.2. The Hall–Kier alpha value is -0.420. The molecule has 3 rings (SSSR count). The van der Waals surface area contributed by atoms with E-state index in [2.05, 4.69) is 52.5 Å². The average molecular weight is 367 g/mol. The van der Waals surface area contributed by atoms with Crippen molar-refractivity contribution in [3.05, 3.63) is 33.3 Å². The average Bonchev–Trinajstić information content (AvgIpc) is 2.95. The van der Waals surface area contributed by atoms with Gasteiger partial charge in [-0.2, -0.15) is 0 Å². The van der Waals surface area contributed by atoms with Crippen molar-refractivity contribution in [1.29, 1.82) is 0 Å². The number of hydrogen-bond donors (Lipinski definition) is 2. The first-order valence-corrected chi connectivity index (χ1v) is 9.24. The summed E-state index contributed by atoms with van der Waals surface area (Å²) in [7, 11) is 0. The first kappa shape index (κ1) is 16.4. The van der Waals surface area contributed by atoms with Crippen molar-refractivity contribution in [1.82, 2.24) is 10.6 Å². The molecule has 2 aliphatic rings. The summed E-state index contributed by atoms with van der Waals surface area (Å²) in [5.41, 5.74) is 4.18. The van der Waals surface area contributed by atoms with Crippen molar-refractivity contribution in [3.63, 3.8) is 0 Å². The van der Waals surface area contributed by atoms with Gasteiger partial charge in [0.25, 0.3) is 0 Å². The van der Waals surface area contributed by atoms with Gasteiger partial charge < -0.3 is 15.4 Å². The fraction of sp³-hybridized carbons (Fsp3) is 0.667. The fourth-order valence-electron chi connectivity index (χ4n) is 4.04. The van der Waals surface area contributed by atoms with Gasteiger partial charge in [0.05, 0.1) is 13.2 Å². The lowest BCUT2D eigenvalue weighted by molar-refractivity contribution is 0.0524. The fourth-order valence-corrected chi connectivity index (χ4v) is 4.72. The van der Waals surface area contributed by atoms with Crippen LogP contribution in [0.15, 0.2) is 16.6 Å². The third-order valence-electron chi connectivity index (χ3n) is 5.24. The van der Waals surface area contributed by atoms with Crippen molar-refractivity contribution in [3.8, 4) is 0 Å². The van der Waals surface area contributed by atoms with E-state index in [-0.39, 0.29) is 0 Å². The molecule has 122 valence electrons. The standard InChI is InChI=1S/C18H27BrN2O/c1-12-8-14(19)9-13(2)16(12)10-21-17-5-3-4-15(17)18-11-22-7-6-20-18/h8-9,15,17-18,20-21H,3-7,10-11H2,1-2H3. The third kappa shape index (κ3) is 3.73. The van der Waals surface area contributed by atoms with E-state index in [1.54, 1.807) is 0 Å². The molecule has 4 heteroatoms. The highest BCUT2D eigenvalue weighted by molar-refractivity contribution is 9.10. The molecule has 0 aromatic heterocycles. The summed E-state index contributed by atoms with van der Waals surface area (Å²) in [6, 6.07) is 5.57. The summed E-state index contributed by atoms with van der Waals surface area (Å²) in [5, 5.41) is 7.48. The number of nitrogens with one attached hydrogen (secondary N) is 2. The highest BCUT2D eigenvalue weighted by Crippen LogP contribution is 2.30. The SMILES string of the molecule is Cc1cc(Br)cc(C)c1CNC1CCCC1C1COCCN1. The van der Waals surface area contributed by atoms with Crippen LogP contribution < -0.4 is 10.6 Å². The minimum Gasteiger partial charge on any atom is -0.379 e. The van der Waals surface area contributed by atoms with Crippen LogP contribution in [0.4, 0.5) is 0 Å². The molecule has 1 aromatic rings. The van der Waals surface area contributed by atoms with Crippen LogP contribution in [0, 0.1) is 19.8 Å². The largest absolute Gasteiger partial charge is 0.379 e. The number of benzene rings is 1. The van der Waals surface area contributed by atoms with Gasteiger partial charge in [0, 0.05) is 29.6 Å². The van der Waals surface area contributed by atoms with Gasteiger partial charge in [-0.15, -0.1) is 0 Å². The second-order valence-electron chi connectivity index (χ2n) is 6.74. The Morgan fingerprint density at radius 1 is 1.27 bits per heavy atom. The Morgan fingerprint density at radius 2 is 2.05 bits per heavy atom. The predicted octanol–water partition coefficient (Wildman–Crippen LogP) is 3.31. The second kappa shape index (κ2) is 7.43. The molecule has 0 spiro atoms. The maximum absolute atomic E-state index is 5.66. The number of aryl methyl sites for hydroxylation is 2. The molecular formula is C18H27BrN2O. The molecule has 1 aromatic carbocycles. The number of ether oxygens (including phenoxy) is 1. The summed E-state index contributed by atoms with van der Waals surface area (Å²) >= 11 is 3.58. The van der Waals surface area contributed by atoms with Crippen molar-refractivity contribution in [2.45, 2.75) is 51.7 Å². The van der Waals surface area contributed by atoms with Gasteiger partial charge in [0.1, 0.15) is 0 Å². The van der Waals surface area contributed by atoms with E-state index in [1.807, 2.05) is 0 Å². The molecule has 2 N–H and O–H groups in total. The van der Waals surface area contributed by atoms with Gasteiger partial charge in [-0.3, -0.25) is 0 Å². The van der Waals surface area contributed by atoms with E-state index in [0.29, 0.717) is 18.0 Å². The van der Waals surface area contributed by atoms with Crippen LogP contribution in [0.3, 0.4) is 0 Å². The smallest absolute Gasteiger partial charge is 0.0623 e. The summed E-state index contributed by atoms with van der Waals surface area (Å²) in [6.45, 7) is 8.12. The van der Waals surface area contributed by atoms with Gasteiger partial charge in [-0.1, -0.05) is 22.4 Å². The molecule has 3 atom stereocenters. The predicted molar refractivity (Wildman–Crippen MR) is 94.2 cm³/mol. The van der Waals surface area contributed by atoms with E-state index in [4.69, 9.17) is 4.74 Å². The minimum absolute atomic E-state index is 0.529. The molecule has 1 aliphatic heterocycles. The molecule has 0 amide bonds. The Balaban J connectivity index is 1.63. The number of morpholine rings is 1. The van der Waals surface area contributed by atoms with Gasteiger partial charge in [0.2, 0.25) is 0 Å². The number of rotatable bonds is 4. The van der Waals surface area contributed by atoms with Crippen molar-refractivity contribution < 1.29 is 4.74 Å². The monoisotopic (exact) mass is 366 g/mol. The molecule has 1 heterocycles. The van der Waals surface area contributed by atoms with Crippen molar-refractivity contribution >= 4 is 15.9 Å². The maximum Gasteiger partial charge on any atom is 0.0623 e. The van der Waals surface area contributed by atoms with Crippen LogP contribution in [0.1, 0.15) is 36.0 Å². The van der Waals surface area contributed by atoms with E-state index in [9.17, 15) is 0 Å². The van der Waals surface area contributed by atoms with Crippen LogP contribution in [-0.2, 0) is 11.3 Å². The zero-order valence-electron chi connectivity index (χ0n) is 13.6. The first-order chi connectivity index (χ1) is 10.6. The lowest BCUT2D eigenvalue weighted by Crippen LogP contribution is -2.50. The minimum atomic E-state index is 0.529. The van der Waals surface area contributed by atoms with Crippen molar-refractivity contribution in [2.75, 3.05) is 19.8 Å². The molecule has 0 bridgehead atoms. The van der Waals surface area contributed by atoms with E-state index in [0.717, 1.165) is 26.3 Å². The summed E-state index contributed by atoms with van der Waals surface area (Å²) in [6.07, 6.45) is 3.94. The Kier molecular flexibility index (Phi) is 5.55. The van der Waals surface area contributed by atoms with Gasteiger partial charge in [-0.05, 0) is 61.4 Å². The second-order valence-corrected chi connectivity index (χ2v) is 7.65. The third-order valence-corrected chi connectivity index (χ3v) is 5.70. The highest BCUT2D eigenvalue weighted by atomic mass is 79.9. The molecule has 3 nitrogen and oxygen atoms in total. The topological polar surface area (TPSA) is 33.3 Å². The van der Waals surface area contributed by atoms with Gasteiger partial charge >= 0.3 is 0 Å². The van der Waals surface area contributed by atoms with Crippen LogP contribution in [0.25, 0.3) is 0 Å². The number of hydrogen-bond acceptors (Lipinski definition) is 3. The van der Waals surface area contributed by atoms with E-state index in [1.165, 1.54) is 40.4 Å². The molecule has 1 saturated heterocycles. The van der Waals surface area contributed by atoms with Gasteiger partial charge in [0.15, 0.2) is 0 Å². The van der Waals surface area contributed by atoms with Crippen LogP contribution in [0.2, 0.25) is 0 Å². The maximum atomic E-state index is 5.66. The number of halogens is 1. The lowest BCUT2D eigenvalue weighted by atomic mass is 9.93.